The summed E-state index contributed by atoms with van der Waals surface area (Å²) in [6.45, 7) is 3.41. The Balaban J connectivity index is 1.07. The van der Waals surface area contributed by atoms with Gasteiger partial charge in [-0.25, -0.2) is 0 Å². The van der Waals surface area contributed by atoms with Gasteiger partial charge in [0.15, 0.2) is 0 Å². The highest BCUT2D eigenvalue weighted by molar-refractivity contribution is 7.10. The Morgan fingerprint density at radius 1 is 1.02 bits per heavy atom. The van der Waals surface area contributed by atoms with Crippen LogP contribution < -0.4 is 16.4 Å². The zero-order valence-electron chi connectivity index (χ0n) is 22.8. The summed E-state index contributed by atoms with van der Waals surface area (Å²) >= 11 is 1.42. The van der Waals surface area contributed by atoms with E-state index in [0.717, 1.165) is 16.9 Å². The fourth-order valence-electron chi connectivity index (χ4n) is 6.12. The number of nitrogen functional groups attached to an aromatic ring is 1. The van der Waals surface area contributed by atoms with Crippen molar-refractivity contribution in [3.8, 4) is 0 Å². The highest BCUT2D eigenvalue weighted by Crippen LogP contribution is 2.59. The second kappa shape index (κ2) is 10.4. The number of carbonyl (C=O) groups excluding carboxylic acids is 3. The lowest BCUT2D eigenvalue weighted by Crippen LogP contribution is -2.50. The standard InChI is InChI=1S/C31H33N5O4S/c1-30-12-24(29(39)34-14-23-11-20(16-41-23)27(32)33)36(25(30)13-30)26(37)15-35-28(38)19-7-9-22(10-8-19)31(17-40-18-31)21-5-3-2-4-6-21/h2-11,16,24-25H,12-15,17-18H2,1H3,(H3,32,33)(H,34,39)(H,35,38)/t24-,25-,30+/m0/s1. The van der Waals surface area contributed by atoms with Gasteiger partial charge in [-0.05, 0) is 47.6 Å². The Morgan fingerprint density at radius 3 is 2.37 bits per heavy atom. The summed E-state index contributed by atoms with van der Waals surface area (Å²) in [7, 11) is 0. The highest BCUT2D eigenvalue weighted by Gasteiger charge is 2.64. The number of benzene rings is 2. The second-order valence-electron chi connectivity index (χ2n) is 11.5. The molecular formula is C31H33N5O4S. The number of nitrogens with zero attached hydrogens (tertiary/aromatic N) is 1. The molecule has 2 aromatic carbocycles. The number of piperidine rings is 1. The molecule has 3 aromatic rings. The van der Waals surface area contributed by atoms with Crippen molar-refractivity contribution in [2.75, 3.05) is 19.8 Å². The van der Waals surface area contributed by atoms with Gasteiger partial charge in [-0.2, -0.15) is 0 Å². The first kappa shape index (κ1) is 27.2. The average molecular weight is 572 g/mol. The maximum absolute atomic E-state index is 13.3. The van der Waals surface area contributed by atoms with Crippen molar-refractivity contribution >= 4 is 34.9 Å². The van der Waals surface area contributed by atoms with Gasteiger partial charge in [-0.15, -0.1) is 11.3 Å². The summed E-state index contributed by atoms with van der Waals surface area (Å²) < 4.78 is 5.57. The Kier molecular flexibility index (Phi) is 6.91. The molecule has 3 atom stereocenters. The number of hydrogen-bond donors (Lipinski definition) is 4. The van der Waals surface area contributed by atoms with Crippen LogP contribution in [0.2, 0.25) is 0 Å². The van der Waals surface area contributed by atoms with Gasteiger partial charge in [-0.1, -0.05) is 49.4 Å². The Bertz CT molecular complexity index is 1500. The number of nitrogens with one attached hydrogen (secondary N) is 3. The predicted molar refractivity (Wildman–Crippen MR) is 156 cm³/mol. The molecule has 212 valence electrons. The van der Waals surface area contributed by atoms with Crippen molar-refractivity contribution in [1.29, 1.82) is 5.41 Å². The Hall–Kier alpha value is -4.02. The zero-order chi connectivity index (χ0) is 28.8. The van der Waals surface area contributed by atoms with E-state index in [2.05, 4.69) is 29.7 Å². The first-order valence-corrected chi connectivity index (χ1v) is 14.6. The van der Waals surface area contributed by atoms with Crippen molar-refractivity contribution in [1.82, 2.24) is 15.5 Å². The molecule has 1 saturated carbocycles. The molecule has 2 aliphatic heterocycles. The molecule has 0 spiro atoms. The third kappa shape index (κ3) is 5.02. The maximum atomic E-state index is 13.3. The van der Waals surface area contributed by atoms with E-state index in [1.807, 2.05) is 30.3 Å². The number of nitrogens with two attached hydrogens (primary N) is 1. The van der Waals surface area contributed by atoms with Crippen LogP contribution in [-0.4, -0.2) is 60.3 Å². The first-order valence-electron chi connectivity index (χ1n) is 13.7. The number of likely N-dealkylation sites (tertiary alicyclic amines) is 1. The van der Waals surface area contributed by atoms with Gasteiger partial charge in [0.25, 0.3) is 5.91 Å². The topological polar surface area (TPSA) is 138 Å². The van der Waals surface area contributed by atoms with Gasteiger partial charge in [0.2, 0.25) is 11.8 Å². The molecule has 3 fully saturated rings. The number of thiophene rings is 1. The van der Waals surface area contributed by atoms with Gasteiger partial charge >= 0.3 is 0 Å². The molecule has 2 saturated heterocycles. The van der Waals surface area contributed by atoms with Crippen LogP contribution in [0.3, 0.4) is 0 Å². The van der Waals surface area contributed by atoms with Gasteiger partial charge in [0.05, 0.1) is 31.7 Å². The zero-order valence-corrected chi connectivity index (χ0v) is 23.6. The van der Waals surface area contributed by atoms with E-state index in [9.17, 15) is 14.4 Å². The number of rotatable bonds is 9. The molecule has 1 aliphatic carbocycles. The second-order valence-corrected chi connectivity index (χ2v) is 12.5. The summed E-state index contributed by atoms with van der Waals surface area (Å²) in [4.78, 5) is 41.9. The van der Waals surface area contributed by atoms with E-state index in [1.165, 1.54) is 16.9 Å². The van der Waals surface area contributed by atoms with E-state index in [0.29, 0.717) is 37.3 Å². The van der Waals surface area contributed by atoms with Crippen LogP contribution in [0.25, 0.3) is 0 Å². The third-order valence-corrected chi connectivity index (χ3v) is 9.69. The maximum Gasteiger partial charge on any atom is 0.251 e. The van der Waals surface area contributed by atoms with Crippen LogP contribution in [-0.2, 0) is 26.3 Å². The number of fused-ring (bicyclic) bond motifs is 1. The van der Waals surface area contributed by atoms with Crippen molar-refractivity contribution in [3.63, 3.8) is 0 Å². The lowest BCUT2D eigenvalue weighted by molar-refractivity contribution is -0.139. The minimum absolute atomic E-state index is 0.00635. The number of ether oxygens (including phenoxy) is 1. The molecule has 1 aromatic heterocycles. The van der Waals surface area contributed by atoms with Crippen LogP contribution in [0, 0.1) is 10.8 Å². The number of amidine groups is 1. The molecule has 0 unspecified atom stereocenters. The molecular weight excluding hydrogens is 538 g/mol. The van der Waals surface area contributed by atoms with E-state index in [4.69, 9.17) is 15.9 Å². The van der Waals surface area contributed by atoms with E-state index >= 15 is 0 Å². The van der Waals surface area contributed by atoms with Crippen LogP contribution in [0.5, 0.6) is 0 Å². The number of carbonyl (C=O) groups is 3. The third-order valence-electron chi connectivity index (χ3n) is 8.75. The quantitative estimate of drug-likeness (QED) is 0.231. The molecule has 6 rings (SSSR count). The summed E-state index contributed by atoms with van der Waals surface area (Å²) in [5.41, 5.74) is 8.62. The SMILES string of the molecule is C[C@@]12C[C@@H]1N(C(=O)CNC(=O)c1ccc(C3(c4ccccc4)COC3)cc1)[C@H](C(=O)NCc1cc(C(=N)N)cs1)C2. The van der Waals surface area contributed by atoms with Gasteiger partial charge in [0, 0.05) is 27.4 Å². The lowest BCUT2D eigenvalue weighted by atomic mass is 9.73. The van der Waals surface area contributed by atoms with Crippen LogP contribution in [0.1, 0.15) is 51.7 Å². The summed E-state index contributed by atoms with van der Waals surface area (Å²) in [6.07, 6.45) is 1.46. The minimum atomic E-state index is -0.575. The number of amides is 3. The van der Waals surface area contributed by atoms with Gasteiger partial charge in [0.1, 0.15) is 11.9 Å². The van der Waals surface area contributed by atoms with Gasteiger partial charge < -0.3 is 26.0 Å². The molecule has 9 nitrogen and oxygen atoms in total. The largest absolute Gasteiger partial charge is 0.384 e. The van der Waals surface area contributed by atoms with Crippen molar-refractivity contribution < 1.29 is 19.1 Å². The normalized spacial score (nSPS) is 23.7. The fourth-order valence-corrected chi connectivity index (χ4v) is 6.94. The van der Waals surface area contributed by atoms with E-state index < -0.39 is 6.04 Å². The predicted octanol–water partition coefficient (Wildman–Crippen LogP) is 2.77. The summed E-state index contributed by atoms with van der Waals surface area (Å²) in [5.74, 6) is -0.813. The fraction of sp³-hybridized carbons (Fsp3) is 0.355. The van der Waals surface area contributed by atoms with E-state index in [1.54, 1.807) is 28.5 Å². The highest BCUT2D eigenvalue weighted by atomic mass is 32.1. The lowest BCUT2D eigenvalue weighted by Gasteiger charge is -2.42. The van der Waals surface area contributed by atoms with Crippen LogP contribution in [0.15, 0.2) is 66.0 Å². The molecule has 3 heterocycles. The Morgan fingerprint density at radius 2 is 1.73 bits per heavy atom. The molecule has 41 heavy (non-hydrogen) atoms. The van der Waals surface area contributed by atoms with Crippen LogP contribution >= 0.6 is 11.3 Å². The smallest absolute Gasteiger partial charge is 0.251 e. The molecule has 0 radical (unpaired) electrons. The number of hydrogen-bond acceptors (Lipinski definition) is 6. The molecule has 3 amide bonds. The van der Waals surface area contributed by atoms with Gasteiger partial charge in [-0.3, -0.25) is 19.8 Å². The summed E-state index contributed by atoms with van der Waals surface area (Å²) in [6, 6.07) is 18.9. The molecule has 10 heteroatoms. The average Bonchev–Trinajstić information content (AvgIpc) is 3.26. The minimum Gasteiger partial charge on any atom is -0.384 e. The van der Waals surface area contributed by atoms with E-state index in [-0.39, 0.29) is 47.0 Å². The van der Waals surface area contributed by atoms with Crippen LogP contribution in [0.4, 0.5) is 0 Å². The molecule has 3 aliphatic rings. The molecule has 5 N–H and O–H groups in total. The first-order chi connectivity index (χ1) is 19.7. The van der Waals surface area contributed by atoms with Crippen molar-refractivity contribution in [2.45, 2.75) is 43.8 Å². The monoisotopic (exact) mass is 571 g/mol. The molecule has 0 bridgehead atoms. The summed E-state index contributed by atoms with van der Waals surface area (Å²) in [5, 5.41) is 15.0. The van der Waals surface area contributed by atoms with Crippen molar-refractivity contribution in [2.24, 2.45) is 11.1 Å². The van der Waals surface area contributed by atoms with Crippen molar-refractivity contribution in [3.05, 3.63) is 93.2 Å². The Labute approximate surface area is 242 Å².